The van der Waals surface area contributed by atoms with E-state index in [1.165, 1.54) is 120 Å². The Labute approximate surface area is 169 Å². The number of quaternary nitrogens is 1. The summed E-state index contributed by atoms with van der Waals surface area (Å²) in [5.41, 5.74) is 0. The van der Waals surface area contributed by atoms with Crippen LogP contribution in [0.5, 0.6) is 0 Å². The average molecular weight is 389 g/mol. The zero-order valence-electron chi connectivity index (χ0n) is 19.0. The van der Waals surface area contributed by atoms with Gasteiger partial charge in [0.2, 0.25) is 0 Å². The van der Waals surface area contributed by atoms with Gasteiger partial charge < -0.3 is 14.7 Å². The van der Waals surface area contributed by atoms with Gasteiger partial charge >= 0.3 is 6.16 Å². The molecule has 0 saturated heterocycles. The second-order valence-electron chi connectivity index (χ2n) is 8.62. The Hall–Kier alpha value is -0.770. The van der Waals surface area contributed by atoms with Gasteiger partial charge in [0.05, 0.1) is 27.2 Å². The lowest BCUT2D eigenvalue weighted by atomic mass is 10.1. The first-order chi connectivity index (χ1) is 12.9. The highest BCUT2D eigenvalue weighted by Gasteiger charge is 2.13. The topological polar surface area (TPSA) is 57.5 Å². The molecule has 0 aliphatic heterocycles. The number of hydrogen-bond donors (Lipinski definition) is 2. The molecular formula is C23H50NO3+. The van der Waals surface area contributed by atoms with E-state index in [0.717, 1.165) is 0 Å². The number of unbranched alkanes of at least 4 members (excludes halogenated alkanes) is 14. The SMILES string of the molecule is CCCCCCCCCC[N+](C)(C)CCCCCCCCCC.O=C(O)O. The summed E-state index contributed by atoms with van der Waals surface area (Å²) in [5, 5.41) is 13.9. The van der Waals surface area contributed by atoms with Crippen LogP contribution in [0, 0.1) is 0 Å². The van der Waals surface area contributed by atoms with E-state index in [4.69, 9.17) is 15.0 Å². The third kappa shape index (κ3) is 30.2. The van der Waals surface area contributed by atoms with E-state index in [9.17, 15) is 0 Å². The first-order valence-electron chi connectivity index (χ1n) is 11.6. The molecule has 0 aromatic heterocycles. The van der Waals surface area contributed by atoms with Gasteiger partial charge in [0.25, 0.3) is 0 Å². The minimum Gasteiger partial charge on any atom is -0.450 e. The van der Waals surface area contributed by atoms with Crippen LogP contribution in [0.3, 0.4) is 0 Å². The maximum atomic E-state index is 8.56. The molecule has 0 bridgehead atoms. The molecule has 4 nitrogen and oxygen atoms in total. The van der Waals surface area contributed by atoms with Crippen molar-refractivity contribution in [2.45, 2.75) is 117 Å². The molecule has 27 heavy (non-hydrogen) atoms. The number of carbonyl (C=O) groups is 1. The van der Waals surface area contributed by atoms with Crippen molar-refractivity contribution in [3.63, 3.8) is 0 Å². The van der Waals surface area contributed by atoms with E-state index in [2.05, 4.69) is 27.9 Å². The van der Waals surface area contributed by atoms with Crippen LogP contribution in [-0.4, -0.2) is 48.0 Å². The summed E-state index contributed by atoms with van der Waals surface area (Å²) in [6, 6.07) is 0. The standard InChI is InChI=1S/C22H48N.CH2O3/c1-5-7-9-11-13-15-17-19-21-23(3,4)22-20-18-16-14-12-10-8-6-2;2-1(3)4/h5-22H2,1-4H3;(H2,2,3,4)/q+1;. The van der Waals surface area contributed by atoms with Crippen molar-refractivity contribution in [2.24, 2.45) is 0 Å². The molecule has 164 valence electrons. The van der Waals surface area contributed by atoms with Gasteiger partial charge in [-0.1, -0.05) is 90.9 Å². The number of nitrogens with zero attached hydrogens (tertiary/aromatic N) is 1. The van der Waals surface area contributed by atoms with Crippen molar-refractivity contribution in [1.82, 2.24) is 0 Å². The smallest absolute Gasteiger partial charge is 0.450 e. The van der Waals surface area contributed by atoms with Gasteiger partial charge in [-0.25, -0.2) is 4.79 Å². The predicted octanol–water partition coefficient (Wildman–Crippen LogP) is 7.57. The van der Waals surface area contributed by atoms with E-state index in [1.54, 1.807) is 0 Å². The first-order valence-corrected chi connectivity index (χ1v) is 11.6. The highest BCUT2D eigenvalue weighted by Crippen LogP contribution is 2.13. The molecular weight excluding hydrogens is 338 g/mol. The Morgan fingerprint density at radius 3 is 1.04 bits per heavy atom. The summed E-state index contributed by atoms with van der Waals surface area (Å²) < 4.78 is 1.24. The summed E-state index contributed by atoms with van der Waals surface area (Å²) in [4.78, 5) is 8.56. The maximum Gasteiger partial charge on any atom is 0.503 e. The molecule has 0 fully saturated rings. The van der Waals surface area contributed by atoms with E-state index in [1.807, 2.05) is 0 Å². The van der Waals surface area contributed by atoms with Crippen molar-refractivity contribution in [2.75, 3.05) is 27.2 Å². The molecule has 0 unspecified atom stereocenters. The van der Waals surface area contributed by atoms with Gasteiger partial charge in [0.1, 0.15) is 0 Å². The summed E-state index contributed by atoms with van der Waals surface area (Å²) in [7, 11) is 4.87. The van der Waals surface area contributed by atoms with Crippen LogP contribution in [0.4, 0.5) is 4.79 Å². The molecule has 0 saturated carbocycles. The molecule has 0 heterocycles. The largest absolute Gasteiger partial charge is 0.503 e. The second-order valence-corrected chi connectivity index (χ2v) is 8.62. The Balaban J connectivity index is 0. The summed E-state index contributed by atoms with van der Waals surface area (Å²) in [6.45, 7) is 7.36. The molecule has 0 aromatic rings. The van der Waals surface area contributed by atoms with Crippen LogP contribution in [0.15, 0.2) is 0 Å². The number of hydrogen-bond acceptors (Lipinski definition) is 1. The van der Waals surface area contributed by atoms with E-state index >= 15 is 0 Å². The lowest BCUT2D eigenvalue weighted by molar-refractivity contribution is -0.890. The van der Waals surface area contributed by atoms with Crippen LogP contribution in [-0.2, 0) is 0 Å². The Kier molecular flexibility index (Phi) is 22.7. The van der Waals surface area contributed by atoms with Crippen molar-refractivity contribution in [3.8, 4) is 0 Å². The number of rotatable bonds is 18. The van der Waals surface area contributed by atoms with Crippen LogP contribution in [0.25, 0.3) is 0 Å². The summed E-state index contributed by atoms with van der Waals surface area (Å²) in [5.74, 6) is 0. The fraction of sp³-hybridized carbons (Fsp3) is 0.957. The fourth-order valence-electron chi connectivity index (χ4n) is 3.46. The molecule has 0 spiro atoms. The summed E-state index contributed by atoms with van der Waals surface area (Å²) in [6.07, 6.45) is 21.2. The van der Waals surface area contributed by atoms with E-state index < -0.39 is 6.16 Å². The number of carboxylic acid groups (broad SMARTS) is 2. The molecule has 0 amide bonds. The van der Waals surface area contributed by atoms with Gasteiger partial charge in [-0.2, -0.15) is 0 Å². The molecule has 0 aliphatic carbocycles. The molecule has 2 N–H and O–H groups in total. The Morgan fingerprint density at radius 1 is 0.556 bits per heavy atom. The Bertz CT molecular complexity index is 280. The maximum absolute atomic E-state index is 8.56. The lowest BCUT2D eigenvalue weighted by Gasteiger charge is -2.30. The zero-order valence-corrected chi connectivity index (χ0v) is 19.0. The first kappa shape index (κ1) is 28.4. The molecule has 0 atom stereocenters. The molecule has 0 radical (unpaired) electrons. The quantitative estimate of drug-likeness (QED) is 0.188. The van der Waals surface area contributed by atoms with Crippen LogP contribution >= 0.6 is 0 Å². The highest BCUT2D eigenvalue weighted by molar-refractivity contribution is 5.53. The highest BCUT2D eigenvalue weighted by atomic mass is 16.6. The van der Waals surface area contributed by atoms with Crippen molar-refractivity contribution >= 4 is 6.16 Å². The minimum absolute atomic E-state index is 1.24. The second kappa shape index (κ2) is 21.5. The van der Waals surface area contributed by atoms with Crippen LogP contribution in [0.1, 0.15) is 117 Å². The fourth-order valence-corrected chi connectivity index (χ4v) is 3.46. The predicted molar refractivity (Wildman–Crippen MR) is 118 cm³/mol. The van der Waals surface area contributed by atoms with Crippen LogP contribution in [0.2, 0.25) is 0 Å². The Morgan fingerprint density at radius 2 is 0.778 bits per heavy atom. The van der Waals surface area contributed by atoms with Gasteiger partial charge in [-0.05, 0) is 25.7 Å². The molecule has 4 heteroatoms. The molecule has 0 aromatic carbocycles. The van der Waals surface area contributed by atoms with Gasteiger partial charge in [0, 0.05) is 0 Å². The normalized spacial score (nSPS) is 11.1. The third-order valence-electron chi connectivity index (χ3n) is 5.23. The molecule has 0 rings (SSSR count). The summed E-state index contributed by atoms with van der Waals surface area (Å²) >= 11 is 0. The third-order valence-corrected chi connectivity index (χ3v) is 5.23. The van der Waals surface area contributed by atoms with Crippen LogP contribution < -0.4 is 0 Å². The zero-order chi connectivity index (χ0) is 20.8. The van der Waals surface area contributed by atoms with Gasteiger partial charge in [0.15, 0.2) is 0 Å². The monoisotopic (exact) mass is 388 g/mol. The lowest BCUT2D eigenvalue weighted by Crippen LogP contribution is -2.41. The van der Waals surface area contributed by atoms with Gasteiger partial charge in [-0.15, -0.1) is 0 Å². The minimum atomic E-state index is -1.83. The van der Waals surface area contributed by atoms with E-state index in [-0.39, 0.29) is 0 Å². The van der Waals surface area contributed by atoms with Gasteiger partial charge in [-0.3, -0.25) is 0 Å². The van der Waals surface area contributed by atoms with Crippen molar-refractivity contribution in [3.05, 3.63) is 0 Å². The van der Waals surface area contributed by atoms with Crippen molar-refractivity contribution in [1.29, 1.82) is 0 Å². The van der Waals surface area contributed by atoms with E-state index in [0.29, 0.717) is 0 Å². The average Bonchev–Trinajstić information content (AvgIpc) is 2.59. The molecule has 0 aliphatic rings. The van der Waals surface area contributed by atoms with Crippen molar-refractivity contribution < 1.29 is 19.5 Å².